The van der Waals surface area contributed by atoms with Crippen LogP contribution in [-0.4, -0.2) is 29.4 Å². The molecule has 1 aromatic rings. The molecule has 0 radical (unpaired) electrons. The molecular formula is C12H16Cl2N2O3S2. The van der Waals surface area contributed by atoms with Crippen molar-refractivity contribution in [3.05, 3.63) is 24.2 Å². The van der Waals surface area contributed by atoms with Crippen LogP contribution in [-0.2, 0) is 16.6 Å². The van der Waals surface area contributed by atoms with E-state index in [2.05, 4.69) is 5.32 Å². The molecule has 1 aliphatic rings. The van der Waals surface area contributed by atoms with Crippen LogP contribution in [0.2, 0.25) is 0 Å². The summed E-state index contributed by atoms with van der Waals surface area (Å²) in [6.07, 6.45) is 2.23. The van der Waals surface area contributed by atoms with Gasteiger partial charge in [-0.15, -0.1) is 11.6 Å². The Labute approximate surface area is 139 Å². The van der Waals surface area contributed by atoms with E-state index >= 15 is 0 Å². The number of nitrogens with two attached hydrogens (primary N) is 1. The van der Waals surface area contributed by atoms with E-state index in [0.29, 0.717) is 13.0 Å². The van der Waals surface area contributed by atoms with Crippen molar-refractivity contribution < 1.29 is 12.8 Å². The van der Waals surface area contributed by atoms with E-state index in [1.165, 1.54) is 0 Å². The number of alkyl halides is 1. The summed E-state index contributed by atoms with van der Waals surface area (Å²) in [6, 6.07) is 3.53. The molecule has 2 rings (SSSR count). The van der Waals surface area contributed by atoms with E-state index < -0.39 is 20.7 Å². The van der Waals surface area contributed by atoms with Crippen molar-refractivity contribution in [1.29, 1.82) is 0 Å². The van der Waals surface area contributed by atoms with Gasteiger partial charge >= 0.3 is 0 Å². The number of sulfonamides is 1. The highest BCUT2D eigenvalue weighted by atomic mass is 35.5. The number of hydrogen-bond donors (Lipinski definition) is 2. The molecule has 1 fully saturated rings. The predicted octanol–water partition coefficient (Wildman–Crippen LogP) is 1.98. The summed E-state index contributed by atoms with van der Waals surface area (Å²) in [5.41, 5.74) is 0. The van der Waals surface area contributed by atoms with E-state index in [4.69, 9.17) is 45.0 Å². The molecule has 0 aliphatic heterocycles. The number of furan rings is 1. The molecule has 4 unspecified atom stereocenters. The van der Waals surface area contributed by atoms with Crippen molar-refractivity contribution in [2.75, 3.05) is 0 Å². The first kappa shape index (κ1) is 17.2. The van der Waals surface area contributed by atoms with Crippen LogP contribution in [0.15, 0.2) is 22.8 Å². The first-order valence-corrected chi connectivity index (χ1v) is 9.23. The Bertz CT molecular complexity index is 592. The van der Waals surface area contributed by atoms with Gasteiger partial charge in [-0.3, -0.25) is 0 Å². The lowest BCUT2D eigenvalue weighted by Crippen LogP contribution is -2.51. The zero-order valence-corrected chi connectivity index (χ0v) is 14.2. The molecule has 9 heteroatoms. The van der Waals surface area contributed by atoms with Crippen molar-refractivity contribution in [3.63, 3.8) is 0 Å². The van der Waals surface area contributed by atoms with Crippen LogP contribution in [0.4, 0.5) is 0 Å². The maximum absolute atomic E-state index is 11.6. The van der Waals surface area contributed by atoms with Gasteiger partial charge in [-0.1, -0.05) is 23.8 Å². The number of hydrogen-bond acceptors (Lipinski definition) is 5. The molecule has 0 spiro atoms. The van der Waals surface area contributed by atoms with Gasteiger partial charge in [0, 0.05) is 12.0 Å². The molecule has 0 amide bonds. The Morgan fingerprint density at radius 1 is 1.52 bits per heavy atom. The largest absolute Gasteiger partial charge is 0.468 e. The first-order valence-electron chi connectivity index (χ1n) is 6.40. The van der Waals surface area contributed by atoms with Gasteiger partial charge in [0.1, 0.15) is 5.76 Å². The third-order valence-corrected chi connectivity index (χ3v) is 6.27. The monoisotopic (exact) mass is 370 g/mol. The highest BCUT2D eigenvalue weighted by Gasteiger charge is 2.42. The summed E-state index contributed by atoms with van der Waals surface area (Å²) in [7, 11) is -3.72. The highest BCUT2D eigenvalue weighted by Crippen LogP contribution is 2.34. The van der Waals surface area contributed by atoms with E-state index in [0.717, 1.165) is 5.76 Å². The molecular weight excluding hydrogens is 355 g/mol. The molecule has 4 atom stereocenters. The van der Waals surface area contributed by atoms with Crippen LogP contribution in [0.1, 0.15) is 18.6 Å². The fourth-order valence-corrected chi connectivity index (χ4v) is 4.81. The number of halogens is 2. The van der Waals surface area contributed by atoms with E-state index in [-0.39, 0.29) is 22.7 Å². The summed E-state index contributed by atoms with van der Waals surface area (Å²) in [5.74, 6) is 0.490. The van der Waals surface area contributed by atoms with E-state index in [1.54, 1.807) is 12.3 Å². The SMILES string of the molecule is NS(=O)(=O)C1CC(C(=S)Cl)C(NCc2ccco2)CC1Cl. The zero-order valence-electron chi connectivity index (χ0n) is 11.0. The van der Waals surface area contributed by atoms with Crippen molar-refractivity contribution in [2.24, 2.45) is 11.1 Å². The molecule has 1 heterocycles. The van der Waals surface area contributed by atoms with Gasteiger partial charge < -0.3 is 9.73 Å². The Morgan fingerprint density at radius 3 is 2.76 bits per heavy atom. The lowest BCUT2D eigenvalue weighted by atomic mass is 9.85. The second-order valence-electron chi connectivity index (χ2n) is 5.09. The fraction of sp³-hybridized carbons (Fsp3) is 0.583. The lowest BCUT2D eigenvalue weighted by molar-refractivity contribution is 0.318. The van der Waals surface area contributed by atoms with Crippen molar-refractivity contribution >= 4 is 49.8 Å². The fourth-order valence-electron chi connectivity index (χ4n) is 2.58. The predicted molar refractivity (Wildman–Crippen MR) is 87.0 cm³/mol. The number of nitrogens with one attached hydrogen (secondary N) is 1. The molecule has 5 nitrogen and oxygen atoms in total. The smallest absolute Gasteiger partial charge is 0.213 e. The van der Waals surface area contributed by atoms with Gasteiger partial charge in [-0.05, 0) is 25.0 Å². The van der Waals surface area contributed by atoms with Crippen LogP contribution < -0.4 is 10.5 Å². The number of primary sulfonamides is 1. The van der Waals surface area contributed by atoms with Crippen LogP contribution >= 0.6 is 35.4 Å². The lowest BCUT2D eigenvalue weighted by Gasteiger charge is -2.37. The minimum absolute atomic E-state index is 0.111. The average molecular weight is 371 g/mol. The van der Waals surface area contributed by atoms with Gasteiger partial charge in [0.15, 0.2) is 0 Å². The minimum atomic E-state index is -3.72. The van der Waals surface area contributed by atoms with Gasteiger partial charge in [-0.2, -0.15) is 0 Å². The molecule has 3 N–H and O–H groups in total. The summed E-state index contributed by atoms with van der Waals surface area (Å²) < 4.78 is 28.7. The van der Waals surface area contributed by atoms with Gasteiger partial charge in [-0.25, -0.2) is 13.6 Å². The standard InChI is InChI=1S/C12H16Cl2N2O3S2/c13-9-5-10(16-6-7-2-1-3-19-7)8(12(14)20)4-11(9)21(15,17)18/h1-3,8-11,16H,4-6H2,(H2,15,17,18). The third-order valence-electron chi connectivity index (χ3n) is 3.69. The van der Waals surface area contributed by atoms with Crippen LogP contribution in [0.3, 0.4) is 0 Å². The first-order chi connectivity index (χ1) is 9.79. The Morgan fingerprint density at radius 2 is 2.24 bits per heavy atom. The molecule has 21 heavy (non-hydrogen) atoms. The molecule has 118 valence electrons. The number of rotatable bonds is 5. The Kier molecular flexibility index (Phi) is 5.67. The van der Waals surface area contributed by atoms with E-state index in [1.807, 2.05) is 6.07 Å². The van der Waals surface area contributed by atoms with Crippen molar-refractivity contribution in [3.8, 4) is 0 Å². The molecule has 1 aromatic heterocycles. The number of thiocarbonyl (C=S) groups is 1. The summed E-state index contributed by atoms with van der Waals surface area (Å²) in [5, 5.41) is 7.09. The topological polar surface area (TPSA) is 85.3 Å². The molecule has 0 saturated heterocycles. The summed E-state index contributed by atoms with van der Waals surface area (Å²) in [6.45, 7) is 0.497. The van der Waals surface area contributed by atoms with Gasteiger partial charge in [0.05, 0.1) is 27.8 Å². The molecule has 1 saturated carbocycles. The van der Waals surface area contributed by atoms with Crippen LogP contribution in [0, 0.1) is 5.92 Å². The summed E-state index contributed by atoms with van der Waals surface area (Å²) in [4.78, 5) is 0. The maximum Gasteiger partial charge on any atom is 0.213 e. The average Bonchev–Trinajstić information content (AvgIpc) is 2.87. The van der Waals surface area contributed by atoms with Crippen molar-refractivity contribution in [1.82, 2.24) is 5.32 Å². The minimum Gasteiger partial charge on any atom is -0.468 e. The molecule has 0 bridgehead atoms. The van der Waals surface area contributed by atoms with Crippen LogP contribution in [0.5, 0.6) is 0 Å². The summed E-state index contributed by atoms with van der Waals surface area (Å²) >= 11 is 17.2. The second kappa shape index (κ2) is 6.93. The quantitative estimate of drug-likeness (QED) is 0.470. The van der Waals surface area contributed by atoms with Gasteiger partial charge in [0.25, 0.3) is 0 Å². The molecule has 0 aromatic carbocycles. The molecule has 1 aliphatic carbocycles. The Balaban J connectivity index is 2.08. The second-order valence-corrected chi connectivity index (χ2v) is 8.51. The van der Waals surface area contributed by atoms with Gasteiger partial charge in [0.2, 0.25) is 10.0 Å². The zero-order chi connectivity index (χ0) is 15.6. The van der Waals surface area contributed by atoms with Crippen molar-refractivity contribution in [2.45, 2.75) is 36.1 Å². The highest BCUT2D eigenvalue weighted by molar-refractivity contribution is 7.89. The van der Waals surface area contributed by atoms with E-state index in [9.17, 15) is 8.42 Å². The normalized spacial score (nSPS) is 30.2. The maximum atomic E-state index is 11.6. The third kappa shape index (κ3) is 4.40. The Hall–Kier alpha value is -0.180. The van der Waals surface area contributed by atoms with Crippen LogP contribution in [0.25, 0.3) is 0 Å².